The molecule has 0 bridgehead atoms. The number of piperazine rings is 1. The van der Waals surface area contributed by atoms with Crippen molar-refractivity contribution in [2.45, 2.75) is 50.5 Å². The molecule has 0 spiro atoms. The fourth-order valence-electron chi connectivity index (χ4n) is 6.48. The molecule has 0 aliphatic carbocycles. The second-order valence-electron chi connectivity index (χ2n) is 12.2. The van der Waals surface area contributed by atoms with Crippen LogP contribution in [0.5, 0.6) is 5.75 Å². The normalized spacial score (nSPS) is 17.3. The number of carbonyl (C=O) groups excluding carboxylic acids is 1. The minimum atomic E-state index is -4.72. The molecule has 1 amide bonds. The fourth-order valence-corrected chi connectivity index (χ4v) is 8.31. The lowest BCUT2D eigenvalue weighted by Crippen LogP contribution is -2.57. The molecule has 1 saturated heterocycles. The lowest BCUT2D eigenvalue weighted by Gasteiger charge is -2.41. The van der Waals surface area contributed by atoms with E-state index in [0.717, 1.165) is 28.8 Å². The Morgan fingerprint density at radius 2 is 1.70 bits per heavy atom. The average molecular weight is 669 g/mol. The Bertz CT molecular complexity index is 2120. The topological polar surface area (TPSA) is 139 Å². The molecule has 0 saturated carbocycles. The van der Waals surface area contributed by atoms with E-state index in [-0.39, 0.29) is 43.0 Å². The minimum absolute atomic E-state index is 0.0210. The Kier molecular flexibility index (Phi) is 7.85. The molecule has 2 aliphatic heterocycles. The van der Waals surface area contributed by atoms with Crippen LogP contribution in [0.15, 0.2) is 46.9 Å². The molecule has 4 aromatic rings. The van der Waals surface area contributed by atoms with E-state index in [0.29, 0.717) is 11.4 Å². The number of nitrogens with zero attached hydrogens (tertiary/aromatic N) is 6. The molecule has 1 N–H and O–H groups in total. The number of hydrogen-bond donors (Lipinski definition) is 1. The summed E-state index contributed by atoms with van der Waals surface area (Å²) in [5.74, 6) is -7.45. The predicted octanol–water partition coefficient (Wildman–Crippen LogP) is 4.20. The van der Waals surface area contributed by atoms with Gasteiger partial charge in [-0.25, -0.2) is 36.4 Å². The van der Waals surface area contributed by atoms with Gasteiger partial charge in [-0.3, -0.25) is 9.36 Å². The molecule has 4 heterocycles. The highest BCUT2D eigenvalue weighted by molar-refractivity contribution is 7.91. The van der Waals surface area contributed by atoms with Crippen molar-refractivity contribution in [1.82, 2.24) is 24.4 Å². The maximum Gasteiger partial charge on any atom is 0.354 e. The molecule has 6 rings (SSSR count). The van der Waals surface area contributed by atoms with Gasteiger partial charge in [0, 0.05) is 19.6 Å². The van der Waals surface area contributed by atoms with E-state index >= 15 is 13.2 Å². The number of fused-ring (bicyclic) bond motifs is 2. The van der Waals surface area contributed by atoms with Gasteiger partial charge in [0.05, 0.1) is 50.9 Å². The van der Waals surface area contributed by atoms with Crippen molar-refractivity contribution in [2.24, 2.45) is 0 Å². The average Bonchev–Trinajstić information content (AvgIpc) is 3.10. The molecule has 0 radical (unpaired) electrons. The maximum atomic E-state index is 17.3. The molecule has 2 aromatic carbocycles. The lowest BCUT2D eigenvalue weighted by molar-refractivity contribution is -0.126. The van der Waals surface area contributed by atoms with Crippen molar-refractivity contribution >= 4 is 32.5 Å². The molecule has 246 valence electrons. The summed E-state index contributed by atoms with van der Waals surface area (Å²) in [5, 5.41) is 10.1. The van der Waals surface area contributed by atoms with Gasteiger partial charge in [0.1, 0.15) is 28.6 Å². The van der Waals surface area contributed by atoms with Crippen LogP contribution in [0.3, 0.4) is 0 Å². The monoisotopic (exact) mass is 668 g/mol. The Morgan fingerprint density at radius 1 is 1.04 bits per heavy atom. The molecule has 15 heteroatoms. The van der Waals surface area contributed by atoms with Crippen LogP contribution in [-0.4, -0.2) is 75.3 Å². The number of hydrogen-bond acceptors (Lipinski definition) is 9. The number of amides is 1. The van der Waals surface area contributed by atoms with Gasteiger partial charge in [0.15, 0.2) is 21.5 Å². The summed E-state index contributed by atoms with van der Waals surface area (Å²) < 4.78 is 78.8. The number of sulfone groups is 1. The van der Waals surface area contributed by atoms with Crippen molar-refractivity contribution in [1.29, 1.82) is 0 Å². The molecule has 1 atom stereocenters. The Hall–Kier alpha value is -4.79. The predicted molar refractivity (Wildman–Crippen MR) is 168 cm³/mol. The third-order valence-corrected chi connectivity index (χ3v) is 10.4. The summed E-state index contributed by atoms with van der Waals surface area (Å²) in [7, 11) is -4.72. The van der Waals surface area contributed by atoms with Gasteiger partial charge in [-0.05, 0) is 30.0 Å². The van der Waals surface area contributed by atoms with E-state index < -0.39 is 83.4 Å². The van der Waals surface area contributed by atoms with Crippen molar-refractivity contribution in [2.75, 3.05) is 30.3 Å². The molecule has 11 nitrogen and oxygen atoms in total. The molecule has 47 heavy (non-hydrogen) atoms. The number of aromatic hydroxyl groups is 1. The van der Waals surface area contributed by atoms with Crippen LogP contribution in [0, 0.1) is 17.5 Å². The fraction of sp³-hybridized carbons (Fsp3) is 0.344. The second-order valence-corrected chi connectivity index (χ2v) is 14.1. The summed E-state index contributed by atoms with van der Waals surface area (Å²) in [6.45, 7) is 10.5. The van der Waals surface area contributed by atoms with Gasteiger partial charge in [-0.2, -0.15) is 4.98 Å². The molecular weight excluding hydrogens is 637 g/mol. The molecule has 1 unspecified atom stereocenters. The zero-order chi connectivity index (χ0) is 34.1. The maximum absolute atomic E-state index is 17.3. The first kappa shape index (κ1) is 32.2. The van der Waals surface area contributed by atoms with Crippen molar-refractivity contribution < 1.29 is 31.5 Å². The number of rotatable bonds is 5. The molecular formula is C32H31F3N6O5S. The van der Waals surface area contributed by atoms with E-state index in [2.05, 4.69) is 21.5 Å². The smallest absolute Gasteiger partial charge is 0.354 e. The number of benzene rings is 2. The van der Waals surface area contributed by atoms with Gasteiger partial charge in [0.2, 0.25) is 5.91 Å². The SMILES string of the molecule is C=CC(=O)N1CCN2c3nc(=O)n(-c4c(C(C)C)ncnc4C(C)C)c4c(F)c(-c5c(O)cccc5F)c(F)c(c34)S(=O)(=O)CC2C1. The van der Waals surface area contributed by atoms with E-state index in [9.17, 15) is 23.1 Å². The van der Waals surface area contributed by atoms with E-state index in [1.807, 2.05) is 0 Å². The zero-order valence-electron chi connectivity index (χ0n) is 26.0. The molecule has 2 aromatic heterocycles. The number of carbonyl (C=O) groups is 1. The van der Waals surface area contributed by atoms with E-state index in [1.54, 1.807) is 27.7 Å². The Morgan fingerprint density at radius 3 is 2.30 bits per heavy atom. The van der Waals surface area contributed by atoms with Gasteiger partial charge >= 0.3 is 5.69 Å². The van der Waals surface area contributed by atoms with E-state index in [1.165, 1.54) is 16.1 Å². The quantitative estimate of drug-likeness (QED) is 0.245. The summed E-state index contributed by atoms with van der Waals surface area (Å²) in [6.07, 6.45) is 2.37. The number of aromatic nitrogens is 4. The summed E-state index contributed by atoms with van der Waals surface area (Å²) in [6, 6.07) is 1.97. The molecule has 1 fully saturated rings. The zero-order valence-corrected chi connectivity index (χ0v) is 26.8. The highest BCUT2D eigenvalue weighted by Crippen LogP contribution is 2.46. The van der Waals surface area contributed by atoms with Crippen LogP contribution in [0.1, 0.15) is 50.9 Å². The van der Waals surface area contributed by atoms with Crippen molar-refractivity contribution in [3.05, 3.63) is 76.5 Å². The summed E-state index contributed by atoms with van der Waals surface area (Å²) in [4.78, 5) is 41.5. The Labute approximate surface area is 267 Å². The lowest BCUT2D eigenvalue weighted by atomic mass is 9.98. The van der Waals surface area contributed by atoms with Gasteiger partial charge < -0.3 is 14.9 Å². The van der Waals surface area contributed by atoms with Crippen LogP contribution < -0.4 is 10.6 Å². The van der Waals surface area contributed by atoms with Crippen molar-refractivity contribution in [3.63, 3.8) is 0 Å². The number of phenols is 1. The summed E-state index contributed by atoms with van der Waals surface area (Å²) in [5.41, 5.74) is -3.20. The van der Waals surface area contributed by atoms with Crippen LogP contribution in [0.4, 0.5) is 19.0 Å². The first-order valence-electron chi connectivity index (χ1n) is 14.9. The third kappa shape index (κ3) is 4.94. The van der Waals surface area contributed by atoms with Crippen LogP contribution >= 0.6 is 0 Å². The highest BCUT2D eigenvalue weighted by Gasteiger charge is 2.44. The molecule has 2 aliphatic rings. The standard InChI is InChI=1S/C32H31F3N6O5S/c1-6-20(43)39-10-11-40-17(12-39)13-47(45,46)30-23-28(24(34)22(25(30)35)21-18(33)8-7-9-19(21)42)41(32(44)38-31(23)40)29-26(15(2)3)36-14-37-27(29)16(4)5/h6-9,14-17,42H,1,10-13H2,2-5H3. The Balaban J connectivity index is 1.85. The third-order valence-electron chi connectivity index (χ3n) is 8.55. The van der Waals surface area contributed by atoms with Gasteiger partial charge in [-0.1, -0.05) is 40.3 Å². The van der Waals surface area contributed by atoms with Crippen LogP contribution in [-0.2, 0) is 14.6 Å². The highest BCUT2D eigenvalue weighted by atomic mass is 32.2. The number of halogens is 3. The first-order valence-corrected chi connectivity index (χ1v) is 16.6. The minimum Gasteiger partial charge on any atom is -0.507 e. The number of anilines is 1. The van der Waals surface area contributed by atoms with Crippen LogP contribution in [0.2, 0.25) is 0 Å². The van der Waals surface area contributed by atoms with Crippen LogP contribution in [0.25, 0.3) is 27.7 Å². The van der Waals surface area contributed by atoms with E-state index in [4.69, 9.17) is 0 Å². The van der Waals surface area contributed by atoms with Gasteiger partial charge in [-0.15, -0.1) is 0 Å². The first-order chi connectivity index (χ1) is 22.2. The summed E-state index contributed by atoms with van der Waals surface area (Å²) >= 11 is 0. The second kappa shape index (κ2) is 11.5. The largest absolute Gasteiger partial charge is 0.507 e. The van der Waals surface area contributed by atoms with Gasteiger partial charge in [0.25, 0.3) is 0 Å². The van der Waals surface area contributed by atoms with Crippen molar-refractivity contribution in [3.8, 4) is 22.6 Å². The number of phenolic OH excluding ortho intramolecular Hbond substituents is 1.